The van der Waals surface area contributed by atoms with E-state index in [1.165, 1.54) is 0 Å². The second kappa shape index (κ2) is 6.57. The number of fused-ring (bicyclic) bond motifs is 1. The number of carbonyl (C=O) groups excluding carboxylic acids is 1. The van der Waals surface area contributed by atoms with E-state index >= 15 is 0 Å². The average Bonchev–Trinajstić information content (AvgIpc) is 3.10. The molecule has 0 saturated carbocycles. The summed E-state index contributed by atoms with van der Waals surface area (Å²) >= 11 is 0. The van der Waals surface area contributed by atoms with Crippen molar-refractivity contribution in [3.05, 3.63) is 90.0 Å². The lowest BCUT2D eigenvalue weighted by Gasteiger charge is -2.11. The highest BCUT2D eigenvalue weighted by Gasteiger charge is 2.13. The average molecular weight is 328 g/mol. The van der Waals surface area contributed by atoms with Gasteiger partial charge in [-0.05, 0) is 24.3 Å². The van der Waals surface area contributed by atoms with Crippen LogP contribution < -0.4 is 5.32 Å². The van der Waals surface area contributed by atoms with Crippen molar-refractivity contribution < 1.29 is 4.79 Å². The molecule has 1 N–H and O–H groups in total. The van der Waals surface area contributed by atoms with Crippen LogP contribution in [0.5, 0.6) is 0 Å². The third-order valence-corrected chi connectivity index (χ3v) is 4.05. The number of nitrogens with zero attached hydrogens (tertiary/aromatic N) is 3. The molecule has 5 heteroatoms. The molecule has 25 heavy (non-hydrogen) atoms. The largest absolute Gasteiger partial charge is 0.366 e. The molecule has 0 spiro atoms. The Labute approximate surface area is 144 Å². The number of para-hydroxylation sites is 2. The molecule has 1 heterocycles. The SMILES string of the molecule is O=C(c1ccccc1)c1ccccc1NCn1nnc2ccccc21. The van der Waals surface area contributed by atoms with Gasteiger partial charge in [-0.3, -0.25) is 4.79 Å². The molecule has 0 aliphatic rings. The number of hydrogen-bond acceptors (Lipinski definition) is 4. The van der Waals surface area contributed by atoms with Gasteiger partial charge in [0.15, 0.2) is 5.78 Å². The molecule has 4 rings (SSSR count). The van der Waals surface area contributed by atoms with Crippen molar-refractivity contribution in [3.63, 3.8) is 0 Å². The second-order valence-electron chi connectivity index (χ2n) is 5.65. The fourth-order valence-corrected chi connectivity index (χ4v) is 2.77. The number of benzene rings is 3. The van der Waals surface area contributed by atoms with Crippen LogP contribution >= 0.6 is 0 Å². The zero-order chi connectivity index (χ0) is 17.1. The summed E-state index contributed by atoms with van der Waals surface area (Å²) < 4.78 is 1.78. The van der Waals surface area contributed by atoms with Crippen LogP contribution in [0.4, 0.5) is 5.69 Å². The quantitative estimate of drug-likeness (QED) is 0.567. The molecule has 0 aliphatic carbocycles. The minimum absolute atomic E-state index is 0.00727. The highest BCUT2D eigenvalue weighted by molar-refractivity contribution is 6.12. The first-order chi connectivity index (χ1) is 12.3. The summed E-state index contributed by atoms with van der Waals surface area (Å²) in [5.74, 6) is -0.00727. The summed E-state index contributed by atoms with van der Waals surface area (Å²) in [6.45, 7) is 0.430. The van der Waals surface area contributed by atoms with Crippen LogP contribution in [0.1, 0.15) is 15.9 Å². The van der Waals surface area contributed by atoms with Crippen molar-refractivity contribution in [2.24, 2.45) is 0 Å². The van der Waals surface area contributed by atoms with Crippen molar-refractivity contribution in [1.82, 2.24) is 15.0 Å². The van der Waals surface area contributed by atoms with Crippen molar-refractivity contribution in [2.45, 2.75) is 6.67 Å². The molecule has 0 atom stereocenters. The smallest absolute Gasteiger partial charge is 0.195 e. The van der Waals surface area contributed by atoms with Gasteiger partial charge in [-0.25, -0.2) is 4.68 Å². The molecule has 4 aromatic rings. The zero-order valence-electron chi connectivity index (χ0n) is 13.5. The van der Waals surface area contributed by atoms with Gasteiger partial charge in [0.2, 0.25) is 0 Å². The van der Waals surface area contributed by atoms with E-state index in [0.29, 0.717) is 17.8 Å². The van der Waals surface area contributed by atoms with Gasteiger partial charge in [0.1, 0.15) is 12.2 Å². The Bertz CT molecular complexity index is 1020. The van der Waals surface area contributed by atoms with E-state index in [9.17, 15) is 4.79 Å². The number of aromatic nitrogens is 3. The fraction of sp³-hybridized carbons (Fsp3) is 0.0500. The van der Waals surface area contributed by atoms with Gasteiger partial charge in [0.05, 0.1) is 5.52 Å². The maximum absolute atomic E-state index is 12.8. The van der Waals surface area contributed by atoms with E-state index in [4.69, 9.17) is 0 Å². The van der Waals surface area contributed by atoms with Crippen LogP contribution in [0.2, 0.25) is 0 Å². The molecule has 5 nitrogen and oxygen atoms in total. The number of nitrogens with one attached hydrogen (secondary N) is 1. The predicted molar refractivity (Wildman–Crippen MR) is 97.5 cm³/mol. The lowest BCUT2D eigenvalue weighted by atomic mass is 10.0. The van der Waals surface area contributed by atoms with Crippen LogP contribution in [0.25, 0.3) is 11.0 Å². The Morgan fingerprint density at radius 3 is 2.48 bits per heavy atom. The first kappa shape index (κ1) is 15.1. The number of carbonyl (C=O) groups is 1. The third-order valence-electron chi connectivity index (χ3n) is 4.05. The Morgan fingerprint density at radius 2 is 1.60 bits per heavy atom. The number of anilines is 1. The van der Waals surface area contributed by atoms with E-state index in [2.05, 4.69) is 15.6 Å². The van der Waals surface area contributed by atoms with E-state index in [0.717, 1.165) is 16.7 Å². The monoisotopic (exact) mass is 328 g/mol. The summed E-state index contributed by atoms with van der Waals surface area (Å²) in [4.78, 5) is 12.8. The van der Waals surface area contributed by atoms with Crippen molar-refractivity contribution in [1.29, 1.82) is 0 Å². The molecule has 0 bridgehead atoms. The zero-order valence-corrected chi connectivity index (χ0v) is 13.5. The number of hydrogen-bond donors (Lipinski definition) is 1. The molecule has 0 unspecified atom stereocenters. The third kappa shape index (κ3) is 2.99. The van der Waals surface area contributed by atoms with E-state index in [1.54, 1.807) is 4.68 Å². The highest BCUT2D eigenvalue weighted by atomic mass is 16.1. The summed E-state index contributed by atoms with van der Waals surface area (Å²) in [7, 11) is 0. The molecular weight excluding hydrogens is 312 g/mol. The van der Waals surface area contributed by atoms with Gasteiger partial charge in [0, 0.05) is 16.8 Å². The molecule has 0 fully saturated rings. The van der Waals surface area contributed by atoms with Gasteiger partial charge in [-0.2, -0.15) is 0 Å². The number of ketones is 1. The minimum Gasteiger partial charge on any atom is -0.366 e. The van der Waals surface area contributed by atoms with Gasteiger partial charge >= 0.3 is 0 Å². The summed E-state index contributed by atoms with van der Waals surface area (Å²) in [6, 6.07) is 24.6. The fourth-order valence-electron chi connectivity index (χ4n) is 2.77. The molecule has 0 radical (unpaired) electrons. The van der Waals surface area contributed by atoms with E-state index in [1.807, 2.05) is 78.9 Å². The molecule has 0 saturated heterocycles. The second-order valence-corrected chi connectivity index (χ2v) is 5.65. The molecular formula is C20H16N4O. The highest BCUT2D eigenvalue weighted by Crippen LogP contribution is 2.20. The van der Waals surface area contributed by atoms with E-state index < -0.39 is 0 Å². The summed E-state index contributed by atoms with van der Waals surface area (Å²) in [6.07, 6.45) is 0. The predicted octanol–water partition coefficient (Wildman–Crippen LogP) is 3.73. The van der Waals surface area contributed by atoms with Gasteiger partial charge < -0.3 is 5.32 Å². The maximum Gasteiger partial charge on any atom is 0.195 e. The maximum atomic E-state index is 12.8. The van der Waals surface area contributed by atoms with Crippen molar-refractivity contribution in [2.75, 3.05) is 5.32 Å². The van der Waals surface area contributed by atoms with Crippen molar-refractivity contribution >= 4 is 22.5 Å². The van der Waals surface area contributed by atoms with Crippen LogP contribution in [-0.2, 0) is 6.67 Å². The molecule has 3 aromatic carbocycles. The number of rotatable bonds is 5. The first-order valence-corrected chi connectivity index (χ1v) is 8.04. The van der Waals surface area contributed by atoms with Crippen molar-refractivity contribution in [3.8, 4) is 0 Å². The Kier molecular flexibility index (Phi) is 3.96. The Morgan fingerprint density at radius 1 is 0.880 bits per heavy atom. The van der Waals surface area contributed by atoms with Crippen LogP contribution in [0, 0.1) is 0 Å². The van der Waals surface area contributed by atoms with Crippen LogP contribution in [-0.4, -0.2) is 20.8 Å². The van der Waals surface area contributed by atoms with Gasteiger partial charge in [-0.15, -0.1) is 5.10 Å². The van der Waals surface area contributed by atoms with E-state index in [-0.39, 0.29) is 5.78 Å². The lowest BCUT2D eigenvalue weighted by Crippen LogP contribution is -2.13. The molecule has 122 valence electrons. The molecule has 0 aliphatic heterocycles. The minimum atomic E-state index is -0.00727. The normalized spacial score (nSPS) is 10.7. The molecule has 1 aromatic heterocycles. The van der Waals surface area contributed by atoms with Crippen LogP contribution in [0.3, 0.4) is 0 Å². The first-order valence-electron chi connectivity index (χ1n) is 8.04. The standard InChI is InChI=1S/C20H16N4O/c25-20(15-8-2-1-3-9-15)16-10-4-5-11-17(16)21-14-24-19-13-7-6-12-18(19)22-23-24/h1-13,21H,14H2. The summed E-state index contributed by atoms with van der Waals surface area (Å²) in [5.41, 5.74) is 3.87. The molecule has 0 amide bonds. The lowest BCUT2D eigenvalue weighted by molar-refractivity contribution is 0.103. The Hall–Kier alpha value is -3.47. The van der Waals surface area contributed by atoms with Gasteiger partial charge in [-0.1, -0.05) is 59.8 Å². The summed E-state index contributed by atoms with van der Waals surface area (Å²) in [5, 5.41) is 11.6. The van der Waals surface area contributed by atoms with Gasteiger partial charge in [0.25, 0.3) is 0 Å². The topological polar surface area (TPSA) is 59.8 Å². The Balaban J connectivity index is 1.60. The van der Waals surface area contributed by atoms with Crippen LogP contribution in [0.15, 0.2) is 78.9 Å².